The molecule has 0 saturated heterocycles. The van der Waals surface area contributed by atoms with Gasteiger partial charge in [-0.1, -0.05) is 0 Å². The first-order valence-corrected chi connectivity index (χ1v) is 7.87. The Hall–Kier alpha value is -1.74. The zero-order valence-corrected chi connectivity index (χ0v) is 11.9. The molecule has 0 unspecified atom stereocenters. The molecule has 2 rings (SSSR count). The van der Waals surface area contributed by atoms with E-state index in [1.54, 1.807) is 0 Å². The zero-order valence-electron chi connectivity index (χ0n) is 11.1. The van der Waals surface area contributed by atoms with E-state index in [-0.39, 0.29) is 17.7 Å². The summed E-state index contributed by atoms with van der Waals surface area (Å²) in [6.07, 6.45) is 4.37. The fraction of sp³-hybridized carbons (Fsp3) is 0.583. The number of hydrogen-bond donors (Lipinski definition) is 1. The highest BCUT2D eigenvalue weighted by Crippen LogP contribution is 2.31. The van der Waals surface area contributed by atoms with Crippen molar-refractivity contribution in [3.8, 4) is 0 Å². The molecule has 0 aromatic rings. The van der Waals surface area contributed by atoms with Gasteiger partial charge < -0.3 is 4.18 Å². The van der Waals surface area contributed by atoms with Gasteiger partial charge in [0.05, 0.1) is 5.92 Å². The zero-order chi connectivity index (χ0) is 15.6. The van der Waals surface area contributed by atoms with E-state index in [0.717, 1.165) is 4.90 Å². The lowest BCUT2D eigenvalue weighted by Gasteiger charge is -2.29. The highest BCUT2D eigenvalue weighted by Gasteiger charge is 2.33. The number of carbonyl (C=O) groups excluding carboxylic acids is 3. The van der Waals surface area contributed by atoms with Gasteiger partial charge >= 0.3 is 16.4 Å². The fourth-order valence-electron chi connectivity index (χ4n) is 2.62. The van der Waals surface area contributed by atoms with Crippen LogP contribution in [0.3, 0.4) is 0 Å². The van der Waals surface area contributed by atoms with Gasteiger partial charge in [-0.05, 0) is 31.6 Å². The van der Waals surface area contributed by atoms with Crippen LogP contribution < -0.4 is 0 Å². The average Bonchev–Trinajstić information content (AvgIpc) is 2.69. The van der Waals surface area contributed by atoms with Crippen LogP contribution in [0.25, 0.3) is 0 Å². The first-order valence-electron chi connectivity index (χ1n) is 6.50. The first-order chi connectivity index (χ1) is 9.76. The van der Waals surface area contributed by atoms with Crippen molar-refractivity contribution in [2.45, 2.75) is 25.7 Å². The van der Waals surface area contributed by atoms with E-state index in [9.17, 15) is 22.8 Å². The Morgan fingerprint density at radius 2 is 1.71 bits per heavy atom. The predicted molar refractivity (Wildman–Crippen MR) is 68.9 cm³/mol. The van der Waals surface area contributed by atoms with Gasteiger partial charge in [0.15, 0.2) is 0 Å². The number of carbonyl (C=O) groups is 3. The lowest BCUT2D eigenvalue weighted by Crippen LogP contribution is -2.36. The Bertz CT molecular complexity index is 569. The molecule has 9 heteroatoms. The van der Waals surface area contributed by atoms with Gasteiger partial charge in [-0.2, -0.15) is 8.42 Å². The van der Waals surface area contributed by atoms with E-state index in [1.165, 1.54) is 12.2 Å². The molecule has 1 aliphatic carbocycles. The topological polar surface area (TPSA) is 118 Å². The van der Waals surface area contributed by atoms with Crippen LogP contribution in [0.5, 0.6) is 0 Å². The minimum atomic E-state index is -4.77. The molecule has 1 saturated carbocycles. The van der Waals surface area contributed by atoms with Crippen molar-refractivity contribution in [1.82, 2.24) is 4.90 Å². The Kier molecular flexibility index (Phi) is 4.43. The second kappa shape index (κ2) is 5.94. The molecule has 1 heterocycles. The molecule has 0 spiro atoms. The molecule has 1 fully saturated rings. The molecule has 0 aromatic heterocycles. The molecule has 1 N–H and O–H groups in total. The average molecular weight is 317 g/mol. The molecule has 1 aliphatic heterocycles. The summed E-state index contributed by atoms with van der Waals surface area (Å²) >= 11 is 0. The van der Waals surface area contributed by atoms with Crippen LogP contribution in [0.15, 0.2) is 12.2 Å². The smallest absolute Gasteiger partial charge is 0.325 e. The van der Waals surface area contributed by atoms with E-state index in [2.05, 4.69) is 4.18 Å². The molecule has 2 aliphatic rings. The fourth-order valence-corrected chi connectivity index (χ4v) is 2.97. The molecule has 0 radical (unpaired) electrons. The summed E-state index contributed by atoms with van der Waals surface area (Å²) in [4.78, 5) is 35.5. The first kappa shape index (κ1) is 15.6. The molecular formula is C12H15NO7S. The van der Waals surface area contributed by atoms with Crippen molar-refractivity contribution in [2.75, 3.05) is 6.54 Å². The summed E-state index contributed by atoms with van der Waals surface area (Å²) in [5.41, 5.74) is 0. The molecule has 21 heavy (non-hydrogen) atoms. The van der Waals surface area contributed by atoms with Crippen LogP contribution in [-0.4, -0.2) is 42.2 Å². The minimum Gasteiger partial charge on any atom is -0.325 e. The summed E-state index contributed by atoms with van der Waals surface area (Å²) < 4.78 is 33.3. The van der Waals surface area contributed by atoms with Crippen LogP contribution in [-0.2, 0) is 29.0 Å². The summed E-state index contributed by atoms with van der Waals surface area (Å²) in [5, 5.41) is 0. The Labute approximate surface area is 121 Å². The maximum atomic E-state index is 11.5. The second-order valence-corrected chi connectivity index (χ2v) is 6.19. The van der Waals surface area contributed by atoms with Crippen LogP contribution in [0.4, 0.5) is 0 Å². The summed E-state index contributed by atoms with van der Waals surface area (Å²) in [6, 6.07) is 0. The maximum Gasteiger partial charge on any atom is 0.448 e. The lowest BCUT2D eigenvalue weighted by atomic mass is 9.82. The van der Waals surface area contributed by atoms with Gasteiger partial charge in [-0.3, -0.25) is 23.8 Å². The van der Waals surface area contributed by atoms with E-state index in [1.807, 2.05) is 0 Å². The maximum absolute atomic E-state index is 11.5. The number of amides is 2. The van der Waals surface area contributed by atoms with Crippen molar-refractivity contribution in [3.05, 3.63) is 12.2 Å². The summed E-state index contributed by atoms with van der Waals surface area (Å²) in [6.45, 7) is 0.296. The lowest BCUT2D eigenvalue weighted by molar-refractivity contribution is -0.142. The van der Waals surface area contributed by atoms with Crippen molar-refractivity contribution < 1.29 is 31.5 Å². The number of imide groups is 1. The molecule has 0 aromatic carbocycles. The van der Waals surface area contributed by atoms with Crippen LogP contribution in [0.2, 0.25) is 0 Å². The van der Waals surface area contributed by atoms with Gasteiger partial charge in [0, 0.05) is 18.7 Å². The van der Waals surface area contributed by atoms with Gasteiger partial charge in [-0.25, -0.2) is 0 Å². The van der Waals surface area contributed by atoms with Gasteiger partial charge in [0.1, 0.15) is 0 Å². The van der Waals surface area contributed by atoms with E-state index < -0.39 is 22.3 Å². The monoisotopic (exact) mass is 317 g/mol. The standard InChI is InChI=1S/C12H15NO7S/c14-10-5-6-11(15)13(10)7-8-1-3-9(4-2-8)12(16)20-21(17,18)19/h5-6,8-9H,1-4,7H2,(H,17,18,19). The van der Waals surface area contributed by atoms with E-state index in [0.29, 0.717) is 32.2 Å². The normalized spacial score (nSPS) is 26.2. The molecule has 116 valence electrons. The third-order valence-corrected chi connectivity index (χ3v) is 4.08. The highest BCUT2D eigenvalue weighted by molar-refractivity contribution is 7.81. The molecule has 2 amide bonds. The van der Waals surface area contributed by atoms with Crippen LogP contribution in [0, 0.1) is 11.8 Å². The van der Waals surface area contributed by atoms with E-state index in [4.69, 9.17) is 4.55 Å². The number of rotatable bonds is 4. The Balaban J connectivity index is 1.82. The third-order valence-electron chi connectivity index (χ3n) is 3.71. The minimum absolute atomic E-state index is 0.0765. The third kappa shape index (κ3) is 4.11. The van der Waals surface area contributed by atoms with E-state index >= 15 is 0 Å². The largest absolute Gasteiger partial charge is 0.448 e. The molecule has 0 atom stereocenters. The highest BCUT2D eigenvalue weighted by atomic mass is 32.3. The number of nitrogens with zero attached hydrogens (tertiary/aromatic N) is 1. The second-order valence-electron chi connectivity index (χ2n) is 5.17. The van der Waals surface area contributed by atoms with Gasteiger partial charge in [0.25, 0.3) is 11.8 Å². The Morgan fingerprint density at radius 3 is 2.19 bits per heavy atom. The van der Waals surface area contributed by atoms with Crippen molar-refractivity contribution in [2.24, 2.45) is 11.8 Å². The van der Waals surface area contributed by atoms with Gasteiger partial charge in [-0.15, -0.1) is 0 Å². The molecule has 8 nitrogen and oxygen atoms in total. The quantitative estimate of drug-likeness (QED) is 0.575. The molecular weight excluding hydrogens is 302 g/mol. The van der Waals surface area contributed by atoms with Crippen LogP contribution >= 0.6 is 0 Å². The SMILES string of the molecule is O=C(OS(=O)(=O)O)C1CCC(CN2C(=O)C=CC2=O)CC1. The van der Waals surface area contributed by atoms with Crippen LogP contribution in [0.1, 0.15) is 25.7 Å². The van der Waals surface area contributed by atoms with Crippen molar-refractivity contribution in [1.29, 1.82) is 0 Å². The Morgan fingerprint density at radius 1 is 1.19 bits per heavy atom. The summed E-state index contributed by atoms with van der Waals surface area (Å²) in [5.74, 6) is -2.16. The number of hydrogen-bond acceptors (Lipinski definition) is 6. The van der Waals surface area contributed by atoms with Crippen molar-refractivity contribution >= 4 is 28.2 Å². The predicted octanol–water partition coefficient (Wildman–Crippen LogP) is 0.0638. The van der Waals surface area contributed by atoms with Crippen molar-refractivity contribution in [3.63, 3.8) is 0 Å². The molecule has 0 bridgehead atoms. The van der Waals surface area contributed by atoms with Gasteiger partial charge in [0.2, 0.25) is 0 Å². The summed E-state index contributed by atoms with van der Waals surface area (Å²) in [7, 11) is -4.77.